The van der Waals surface area contributed by atoms with E-state index in [1.165, 1.54) is 6.07 Å². The van der Waals surface area contributed by atoms with Crippen molar-refractivity contribution in [3.8, 4) is 0 Å². The first kappa shape index (κ1) is 14.1. The van der Waals surface area contributed by atoms with Gasteiger partial charge in [-0.25, -0.2) is 9.37 Å². The van der Waals surface area contributed by atoms with Gasteiger partial charge in [0.1, 0.15) is 17.0 Å². The van der Waals surface area contributed by atoms with E-state index >= 15 is 0 Å². The highest BCUT2D eigenvalue weighted by Crippen LogP contribution is 2.15. The smallest absolute Gasteiger partial charge is 0.269 e. The second-order valence-corrected chi connectivity index (χ2v) is 4.78. The van der Waals surface area contributed by atoms with Crippen molar-refractivity contribution in [3.63, 3.8) is 0 Å². The van der Waals surface area contributed by atoms with Crippen LogP contribution in [-0.4, -0.2) is 32.4 Å². The number of pyridine rings is 1. The topological polar surface area (TPSA) is 72.7 Å². The van der Waals surface area contributed by atoms with Crippen molar-refractivity contribution in [1.29, 1.82) is 0 Å². The maximum atomic E-state index is 13.7. The van der Waals surface area contributed by atoms with Gasteiger partial charge in [-0.15, -0.1) is 5.10 Å². The Morgan fingerprint density at radius 1 is 1.27 bits per heavy atom. The van der Waals surface area contributed by atoms with E-state index in [2.05, 4.69) is 20.6 Å². The summed E-state index contributed by atoms with van der Waals surface area (Å²) in [6.07, 6.45) is 4.08. The molecule has 0 aliphatic carbocycles. The molecule has 6 nitrogen and oxygen atoms in total. The third-order valence-electron chi connectivity index (χ3n) is 3.23. The number of benzene rings is 1. The Morgan fingerprint density at radius 3 is 3.00 bits per heavy atom. The molecule has 0 atom stereocenters. The molecule has 0 radical (unpaired) electrons. The van der Waals surface area contributed by atoms with Gasteiger partial charge in [0, 0.05) is 24.7 Å². The first-order chi connectivity index (χ1) is 10.7. The first-order valence-electron chi connectivity index (χ1n) is 6.91. The zero-order valence-corrected chi connectivity index (χ0v) is 11.7. The lowest BCUT2D eigenvalue weighted by Crippen LogP contribution is -2.26. The van der Waals surface area contributed by atoms with Crippen LogP contribution in [-0.2, 0) is 6.54 Å². The summed E-state index contributed by atoms with van der Waals surface area (Å²) in [7, 11) is 0. The molecule has 0 saturated carbocycles. The number of hydrogen-bond acceptors (Lipinski definition) is 4. The zero-order valence-electron chi connectivity index (χ0n) is 11.7. The number of rotatable bonds is 5. The number of carbonyl (C=O) groups is 1. The summed E-state index contributed by atoms with van der Waals surface area (Å²) >= 11 is 0. The van der Waals surface area contributed by atoms with E-state index in [0.717, 1.165) is 6.42 Å². The summed E-state index contributed by atoms with van der Waals surface area (Å²) in [5.74, 6) is -0.748. The van der Waals surface area contributed by atoms with Gasteiger partial charge in [-0.2, -0.15) is 0 Å². The number of hydrogen-bond donors (Lipinski definition) is 1. The molecule has 0 fully saturated rings. The highest BCUT2D eigenvalue weighted by atomic mass is 19.1. The number of carbonyl (C=O) groups excluding carboxylic acids is 1. The third-order valence-corrected chi connectivity index (χ3v) is 3.23. The molecule has 1 amide bonds. The quantitative estimate of drug-likeness (QED) is 0.729. The molecular weight excluding hydrogens is 285 g/mol. The average molecular weight is 299 g/mol. The van der Waals surface area contributed by atoms with Crippen molar-refractivity contribution in [2.24, 2.45) is 0 Å². The lowest BCUT2D eigenvalue weighted by Gasteiger charge is -2.06. The number of halogens is 1. The fourth-order valence-electron chi connectivity index (χ4n) is 2.12. The van der Waals surface area contributed by atoms with E-state index in [9.17, 15) is 9.18 Å². The van der Waals surface area contributed by atoms with Gasteiger partial charge in [-0.1, -0.05) is 23.4 Å². The van der Waals surface area contributed by atoms with Gasteiger partial charge >= 0.3 is 0 Å². The van der Waals surface area contributed by atoms with Crippen LogP contribution < -0.4 is 5.32 Å². The van der Waals surface area contributed by atoms with Crippen LogP contribution in [0.15, 0.2) is 42.7 Å². The molecule has 1 N–H and O–H groups in total. The predicted molar refractivity (Wildman–Crippen MR) is 78.7 cm³/mol. The normalized spacial score (nSPS) is 10.8. The molecule has 0 unspecified atom stereocenters. The van der Waals surface area contributed by atoms with Gasteiger partial charge in [0.05, 0.1) is 6.20 Å². The number of aromatic nitrogens is 4. The van der Waals surface area contributed by atoms with Crippen molar-refractivity contribution in [2.75, 3.05) is 6.54 Å². The Balaban J connectivity index is 1.61. The third kappa shape index (κ3) is 3.08. The molecule has 112 valence electrons. The summed E-state index contributed by atoms with van der Waals surface area (Å²) in [5, 5.41) is 11.0. The maximum absolute atomic E-state index is 13.7. The van der Waals surface area contributed by atoms with Crippen LogP contribution in [0, 0.1) is 5.82 Å². The summed E-state index contributed by atoms with van der Waals surface area (Å²) in [6.45, 7) is 1.15. The van der Waals surface area contributed by atoms with E-state index in [4.69, 9.17) is 0 Å². The minimum absolute atomic E-state index is 0.206. The van der Waals surface area contributed by atoms with Gasteiger partial charge in [0.2, 0.25) is 0 Å². The van der Waals surface area contributed by atoms with Crippen LogP contribution in [0.4, 0.5) is 4.39 Å². The van der Waals surface area contributed by atoms with Gasteiger partial charge in [0.25, 0.3) is 5.91 Å². The minimum Gasteiger partial charge on any atom is -0.351 e. The number of nitrogens with one attached hydrogen (secondary N) is 1. The maximum Gasteiger partial charge on any atom is 0.269 e. The largest absolute Gasteiger partial charge is 0.351 e. The highest BCUT2D eigenvalue weighted by Gasteiger charge is 2.09. The average Bonchev–Trinajstić information content (AvgIpc) is 3.05. The number of fused-ring (bicyclic) bond motifs is 1. The number of amides is 1. The lowest BCUT2D eigenvalue weighted by atomic mass is 10.2. The van der Waals surface area contributed by atoms with E-state index in [0.29, 0.717) is 18.5 Å². The van der Waals surface area contributed by atoms with Gasteiger partial charge < -0.3 is 5.32 Å². The number of aryl methyl sites for hydroxylation is 1. The Bertz CT molecular complexity index is 788. The monoisotopic (exact) mass is 299 g/mol. The summed E-state index contributed by atoms with van der Waals surface area (Å²) in [5.41, 5.74) is 0.413. The molecule has 0 bridgehead atoms. The lowest BCUT2D eigenvalue weighted by molar-refractivity contribution is 0.0948. The Kier molecular flexibility index (Phi) is 4.04. The van der Waals surface area contributed by atoms with Crippen molar-refractivity contribution < 1.29 is 9.18 Å². The molecule has 1 aromatic carbocycles. The first-order valence-corrected chi connectivity index (χ1v) is 6.91. The second-order valence-electron chi connectivity index (χ2n) is 4.78. The van der Waals surface area contributed by atoms with E-state index < -0.39 is 5.82 Å². The zero-order chi connectivity index (χ0) is 15.4. The van der Waals surface area contributed by atoms with Crippen LogP contribution in [0.5, 0.6) is 0 Å². The standard InChI is InChI=1S/C15H14FN5O/c16-12-4-1-3-11-5-6-13(19-14(11)12)15(22)17-7-2-9-21-10-8-18-20-21/h1,3-6,8,10H,2,7,9H2,(H,17,22). The van der Waals surface area contributed by atoms with Gasteiger partial charge in [0.15, 0.2) is 0 Å². The van der Waals surface area contributed by atoms with Gasteiger partial charge in [-0.05, 0) is 18.6 Å². The van der Waals surface area contributed by atoms with E-state index in [-0.39, 0.29) is 17.1 Å². The van der Waals surface area contributed by atoms with Crippen molar-refractivity contribution in [2.45, 2.75) is 13.0 Å². The van der Waals surface area contributed by atoms with Crippen molar-refractivity contribution in [3.05, 3.63) is 54.2 Å². The molecule has 3 aromatic rings. The SMILES string of the molecule is O=C(NCCCn1ccnn1)c1ccc2cccc(F)c2n1. The molecule has 0 aliphatic heterocycles. The number of nitrogens with zero attached hydrogens (tertiary/aromatic N) is 4. The molecule has 7 heteroatoms. The van der Waals surface area contributed by atoms with E-state index in [1.807, 2.05) is 0 Å². The Hall–Kier alpha value is -2.83. The number of para-hydroxylation sites is 1. The molecule has 0 saturated heterocycles. The molecule has 2 heterocycles. The summed E-state index contributed by atoms with van der Waals surface area (Å²) in [6, 6.07) is 7.98. The van der Waals surface area contributed by atoms with Crippen LogP contribution in [0.25, 0.3) is 10.9 Å². The van der Waals surface area contributed by atoms with Crippen molar-refractivity contribution >= 4 is 16.8 Å². The van der Waals surface area contributed by atoms with E-state index in [1.54, 1.807) is 41.3 Å². The Morgan fingerprint density at radius 2 is 2.18 bits per heavy atom. The van der Waals surface area contributed by atoms with Gasteiger partial charge in [-0.3, -0.25) is 9.48 Å². The molecular formula is C15H14FN5O. The van der Waals surface area contributed by atoms with Crippen LogP contribution in [0.3, 0.4) is 0 Å². The van der Waals surface area contributed by atoms with Crippen molar-refractivity contribution in [1.82, 2.24) is 25.3 Å². The molecule has 0 spiro atoms. The molecule has 2 aromatic heterocycles. The summed E-state index contributed by atoms with van der Waals surface area (Å²) in [4.78, 5) is 16.1. The molecule has 22 heavy (non-hydrogen) atoms. The fourth-order valence-corrected chi connectivity index (χ4v) is 2.12. The summed E-state index contributed by atoms with van der Waals surface area (Å²) < 4.78 is 15.4. The van der Waals surface area contributed by atoms with Crippen LogP contribution in [0.2, 0.25) is 0 Å². The highest BCUT2D eigenvalue weighted by molar-refractivity contribution is 5.94. The fraction of sp³-hybridized carbons (Fsp3) is 0.200. The minimum atomic E-state index is -0.432. The molecule has 3 rings (SSSR count). The predicted octanol–water partition coefficient (Wildman–Crippen LogP) is 1.79. The molecule has 0 aliphatic rings. The van der Waals surface area contributed by atoms with Crippen LogP contribution in [0.1, 0.15) is 16.9 Å². The van der Waals surface area contributed by atoms with Crippen LogP contribution >= 0.6 is 0 Å². The Labute approximate surface area is 126 Å². The second kappa shape index (κ2) is 6.30.